The summed E-state index contributed by atoms with van der Waals surface area (Å²) in [6.07, 6.45) is 2.64. The molecule has 0 aliphatic carbocycles. The molecule has 1 amide bonds. The number of aliphatic hydroxyl groups is 1. The Hall–Kier alpha value is -1.40. The Kier molecular flexibility index (Phi) is 4.77. The third kappa shape index (κ3) is 3.80. The fourth-order valence-electron chi connectivity index (χ4n) is 2.46. The zero-order valence-electron chi connectivity index (χ0n) is 12.4. The van der Waals surface area contributed by atoms with Gasteiger partial charge < -0.3 is 10.4 Å². The van der Waals surface area contributed by atoms with Gasteiger partial charge in [0.15, 0.2) is 5.82 Å². The van der Waals surface area contributed by atoms with Crippen molar-refractivity contribution in [3.8, 4) is 0 Å². The van der Waals surface area contributed by atoms with Crippen LogP contribution in [0, 0.1) is 5.92 Å². The maximum Gasteiger partial charge on any atom is 0.222 e. The van der Waals surface area contributed by atoms with E-state index in [9.17, 15) is 9.90 Å². The molecule has 1 aliphatic rings. The minimum Gasteiger partial charge on any atom is -0.392 e. The van der Waals surface area contributed by atoms with E-state index in [1.807, 2.05) is 30.8 Å². The summed E-state index contributed by atoms with van der Waals surface area (Å²) in [4.78, 5) is 13.3. The number of nitrogens with zero attached hydrogens (tertiary/aromatic N) is 3. The van der Waals surface area contributed by atoms with Crippen LogP contribution in [-0.4, -0.2) is 51.4 Å². The molecule has 1 aromatic heterocycles. The van der Waals surface area contributed by atoms with Crippen LogP contribution < -0.4 is 5.32 Å². The lowest BCUT2D eigenvalue weighted by Gasteiger charge is -2.22. The van der Waals surface area contributed by atoms with Crippen molar-refractivity contribution in [3.05, 3.63) is 12.3 Å². The van der Waals surface area contributed by atoms with Gasteiger partial charge in [-0.25, -0.2) is 0 Å². The minimum absolute atomic E-state index is 0.108. The summed E-state index contributed by atoms with van der Waals surface area (Å²) >= 11 is 0. The monoisotopic (exact) mass is 280 g/mol. The number of amides is 1. The average Bonchev–Trinajstić information content (AvgIpc) is 2.97. The average molecular weight is 280 g/mol. The number of carbonyl (C=O) groups is 1. The summed E-state index contributed by atoms with van der Waals surface area (Å²) in [5, 5.41) is 17.0. The molecular formula is C14H24N4O2. The first-order chi connectivity index (χ1) is 9.45. The van der Waals surface area contributed by atoms with Gasteiger partial charge in [-0.2, -0.15) is 5.10 Å². The highest BCUT2D eigenvalue weighted by Gasteiger charge is 2.26. The molecule has 1 aromatic rings. The molecule has 0 saturated carbocycles. The van der Waals surface area contributed by atoms with Gasteiger partial charge in [0, 0.05) is 38.8 Å². The van der Waals surface area contributed by atoms with Crippen LogP contribution in [-0.2, 0) is 4.79 Å². The first-order valence-electron chi connectivity index (χ1n) is 7.19. The van der Waals surface area contributed by atoms with E-state index in [1.165, 1.54) is 6.92 Å². The maximum absolute atomic E-state index is 11.0. The van der Waals surface area contributed by atoms with Crippen molar-refractivity contribution in [3.63, 3.8) is 0 Å². The number of aliphatic hydroxyl groups excluding tert-OH is 1. The first kappa shape index (κ1) is 15.0. The smallest absolute Gasteiger partial charge is 0.222 e. The Morgan fingerprint density at radius 1 is 1.60 bits per heavy atom. The van der Waals surface area contributed by atoms with E-state index in [0.29, 0.717) is 18.4 Å². The molecule has 0 bridgehead atoms. The van der Waals surface area contributed by atoms with Gasteiger partial charge in [-0.05, 0) is 12.3 Å². The molecule has 0 aromatic carbocycles. The van der Waals surface area contributed by atoms with Gasteiger partial charge in [0.2, 0.25) is 5.91 Å². The molecule has 2 atom stereocenters. The van der Waals surface area contributed by atoms with Gasteiger partial charge >= 0.3 is 0 Å². The highest BCUT2D eigenvalue weighted by atomic mass is 16.3. The van der Waals surface area contributed by atoms with Crippen molar-refractivity contribution in [1.29, 1.82) is 0 Å². The number of anilines is 1. The van der Waals surface area contributed by atoms with Crippen LogP contribution in [0.5, 0.6) is 0 Å². The molecule has 1 fully saturated rings. The normalized spacial score (nSPS) is 21.4. The van der Waals surface area contributed by atoms with Crippen LogP contribution in [0.4, 0.5) is 5.82 Å². The van der Waals surface area contributed by atoms with Crippen LogP contribution in [0.2, 0.25) is 0 Å². The second kappa shape index (κ2) is 6.37. The van der Waals surface area contributed by atoms with Crippen LogP contribution in [0.3, 0.4) is 0 Å². The van der Waals surface area contributed by atoms with Crippen molar-refractivity contribution in [2.45, 2.75) is 39.3 Å². The highest BCUT2D eigenvalue weighted by Crippen LogP contribution is 2.22. The van der Waals surface area contributed by atoms with Crippen molar-refractivity contribution >= 4 is 11.7 Å². The summed E-state index contributed by atoms with van der Waals surface area (Å²) in [6, 6.07) is 2.13. The molecular weight excluding hydrogens is 256 g/mol. The second-order valence-electron chi connectivity index (χ2n) is 5.88. The second-order valence-corrected chi connectivity index (χ2v) is 5.88. The summed E-state index contributed by atoms with van der Waals surface area (Å²) in [5.74, 6) is 0.770. The fourth-order valence-corrected chi connectivity index (χ4v) is 2.46. The Morgan fingerprint density at radius 3 is 3.00 bits per heavy atom. The number of carbonyl (C=O) groups excluding carboxylic acids is 1. The van der Waals surface area contributed by atoms with E-state index >= 15 is 0 Å². The van der Waals surface area contributed by atoms with Crippen molar-refractivity contribution in [1.82, 2.24) is 14.7 Å². The van der Waals surface area contributed by atoms with E-state index in [1.54, 1.807) is 0 Å². The van der Waals surface area contributed by atoms with E-state index in [4.69, 9.17) is 0 Å². The van der Waals surface area contributed by atoms with Crippen LogP contribution >= 0.6 is 0 Å². The molecule has 6 nitrogen and oxygen atoms in total. The van der Waals surface area contributed by atoms with Gasteiger partial charge in [-0.15, -0.1) is 0 Å². The summed E-state index contributed by atoms with van der Waals surface area (Å²) in [6.45, 7) is 8.13. The fraction of sp³-hybridized carbons (Fsp3) is 0.714. The van der Waals surface area contributed by atoms with Crippen molar-refractivity contribution in [2.24, 2.45) is 5.92 Å². The highest BCUT2D eigenvalue weighted by molar-refractivity contribution is 5.87. The number of β-amino-alcohol motifs (C(OH)–C–C–N with tert-alkyl or cyclic N) is 1. The number of likely N-dealkylation sites (tertiary alicyclic amines) is 1. The first-order valence-corrected chi connectivity index (χ1v) is 7.19. The van der Waals surface area contributed by atoms with Crippen LogP contribution in [0.15, 0.2) is 12.3 Å². The third-order valence-corrected chi connectivity index (χ3v) is 3.75. The van der Waals surface area contributed by atoms with Gasteiger partial charge in [-0.3, -0.25) is 14.4 Å². The van der Waals surface area contributed by atoms with Gasteiger partial charge in [0.05, 0.1) is 12.1 Å². The molecule has 0 unspecified atom stereocenters. The topological polar surface area (TPSA) is 70.4 Å². The van der Waals surface area contributed by atoms with Gasteiger partial charge in [0.25, 0.3) is 0 Å². The van der Waals surface area contributed by atoms with Crippen LogP contribution in [0.1, 0.15) is 33.2 Å². The summed E-state index contributed by atoms with van der Waals surface area (Å²) in [5.41, 5.74) is 0. The van der Waals surface area contributed by atoms with E-state index in [0.717, 1.165) is 19.5 Å². The standard InChI is InChI=1S/C14H24N4O2/c1-10(2)13(20)9-17-6-4-12(8-17)18-7-5-14(16-18)15-11(3)19/h5,7,10,12-13,20H,4,6,8-9H2,1-3H3,(H,15,16,19)/t12-,13+/m1/s1. The molecule has 2 N–H and O–H groups in total. The Morgan fingerprint density at radius 2 is 2.35 bits per heavy atom. The predicted molar refractivity (Wildman–Crippen MR) is 77.5 cm³/mol. The van der Waals surface area contributed by atoms with Crippen molar-refractivity contribution in [2.75, 3.05) is 25.0 Å². The lowest BCUT2D eigenvalue weighted by atomic mass is 10.1. The number of hydrogen-bond acceptors (Lipinski definition) is 4. The zero-order chi connectivity index (χ0) is 14.7. The molecule has 112 valence electrons. The summed E-state index contributed by atoms with van der Waals surface area (Å²) in [7, 11) is 0. The number of nitrogens with one attached hydrogen (secondary N) is 1. The predicted octanol–water partition coefficient (Wildman–Crippen LogP) is 1.11. The maximum atomic E-state index is 11.0. The minimum atomic E-state index is -0.277. The number of rotatable bonds is 5. The molecule has 0 radical (unpaired) electrons. The van der Waals surface area contributed by atoms with Gasteiger partial charge in [0.1, 0.15) is 0 Å². The number of hydrogen-bond donors (Lipinski definition) is 2. The third-order valence-electron chi connectivity index (χ3n) is 3.75. The Labute approximate surface area is 119 Å². The van der Waals surface area contributed by atoms with E-state index < -0.39 is 0 Å². The quantitative estimate of drug-likeness (QED) is 0.847. The van der Waals surface area contributed by atoms with E-state index in [-0.39, 0.29) is 17.9 Å². The molecule has 0 spiro atoms. The molecule has 6 heteroatoms. The van der Waals surface area contributed by atoms with Gasteiger partial charge in [-0.1, -0.05) is 13.8 Å². The number of aromatic nitrogens is 2. The molecule has 2 rings (SSSR count). The zero-order valence-corrected chi connectivity index (χ0v) is 12.4. The molecule has 20 heavy (non-hydrogen) atoms. The Balaban J connectivity index is 1.89. The van der Waals surface area contributed by atoms with E-state index in [2.05, 4.69) is 15.3 Å². The molecule has 1 aliphatic heterocycles. The van der Waals surface area contributed by atoms with Crippen molar-refractivity contribution < 1.29 is 9.90 Å². The Bertz CT molecular complexity index is 458. The SMILES string of the molecule is CC(=O)Nc1ccn([C@@H]2CCN(C[C@H](O)C(C)C)C2)n1. The lowest BCUT2D eigenvalue weighted by Crippen LogP contribution is -2.33. The summed E-state index contributed by atoms with van der Waals surface area (Å²) < 4.78 is 1.91. The largest absolute Gasteiger partial charge is 0.392 e. The van der Waals surface area contributed by atoms with Crippen LogP contribution in [0.25, 0.3) is 0 Å². The molecule has 1 saturated heterocycles. The molecule has 2 heterocycles. The lowest BCUT2D eigenvalue weighted by molar-refractivity contribution is -0.114.